The number of anilines is 1. The zero-order valence-electron chi connectivity index (χ0n) is 14.0. The molecule has 9 heteroatoms. The molecule has 26 heavy (non-hydrogen) atoms. The summed E-state index contributed by atoms with van der Waals surface area (Å²) in [5.74, 6) is -0.0362. The lowest BCUT2D eigenvalue weighted by molar-refractivity contribution is -0.120. The number of primary sulfonamides is 1. The fraction of sp³-hybridized carbons (Fsp3) is 0.294. The normalized spacial score (nSPS) is 14.7. The molecule has 3 N–H and O–H groups in total. The lowest BCUT2D eigenvalue weighted by Crippen LogP contribution is -2.25. The number of carbonyl (C=O) groups is 2. The van der Waals surface area contributed by atoms with Gasteiger partial charge in [-0.15, -0.1) is 11.3 Å². The minimum atomic E-state index is -3.71. The third-order valence-electron chi connectivity index (χ3n) is 4.06. The molecule has 1 aromatic heterocycles. The second kappa shape index (κ2) is 7.56. The quantitative estimate of drug-likeness (QED) is 0.772. The van der Waals surface area contributed by atoms with Crippen LogP contribution >= 0.6 is 11.3 Å². The average molecular weight is 393 g/mol. The first-order valence-corrected chi connectivity index (χ1v) is 10.5. The zero-order chi connectivity index (χ0) is 18.7. The summed E-state index contributed by atoms with van der Waals surface area (Å²) in [5.41, 5.74) is 1.69. The summed E-state index contributed by atoms with van der Waals surface area (Å²) in [7, 11) is -3.71. The molecule has 138 valence electrons. The van der Waals surface area contributed by atoms with Gasteiger partial charge in [0.2, 0.25) is 21.8 Å². The van der Waals surface area contributed by atoms with E-state index in [1.54, 1.807) is 11.0 Å². The number of thiophene rings is 1. The van der Waals surface area contributed by atoms with E-state index in [4.69, 9.17) is 5.14 Å². The monoisotopic (exact) mass is 393 g/mol. The van der Waals surface area contributed by atoms with Gasteiger partial charge in [-0.25, -0.2) is 13.6 Å². The molecule has 2 aromatic rings. The molecule has 0 spiro atoms. The molecule has 1 aromatic carbocycles. The largest absolute Gasteiger partial charge is 0.351 e. The van der Waals surface area contributed by atoms with E-state index < -0.39 is 10.0 Å². The van der Waals surface area contributed by atoms with Gasteiger partial charge in [-0.05, 0) is 36.2 Å². The van der Waals surface area contributed by atoms with Crippen LogP contribution in [0.2, 0.25) is 0 Å². The van der Waals surface area contributed by atoms with Crippen molar-refractivity contribution in [2.24, 2.45) is 5.14 Å². The van der Waals surface area contributed by atoms with E-state index in [-0.39, 0.29) is 29.0 Å². The molecule has 2 amide bonds. The second-order valence-electron chi connectivity index (χ2n) is 6.03. The highest BCUT2D eigenvalue weighted by Gasteiger charge is 2.21. The summed E-state index contributed by atoms with van der Waals surface area (Å²) in [6, 6.07) is 10.4. The molecule has 1 aliphatic rings. The standard InChI is InChI=1S/C17H19N3O4S2/c18-26(23,24)17-8-7-14(25-17)11-19-15(21)10-12-3-5-13(6-4-12)20-9-1-2-16(20)22/h3-8H,1-2,9-11H2,(H,19,21)(H2,18,23,24). The van der Waals surface area contributed by atoms with Crippen LogP contribution in [0.1, 0.15) is 23.3 Å². The number of rotatable bonds is 6. The molecular weight excluding hydrogens is 374 g/mol. The van der Waals surface area contributed by atoms with Crippen molar-refractivity contribution in [2.45, 2.75) is 30.0 Å². The van der Waals surface area contributed by atoms with Crippen LogP contribution in [0.3, 0.4) is 0 Å². The summed E-state index contributed by atoms with van der Waals surface area (Å²) >= 11 is 1.04. The molecule has 0 unspecified atom stereocenters. The van der Waals surface area contributed by atoms with Crippen LogP contribution < -0.4 is 15.4 Å². The van der Waals surface area contributed by atoms with Gasteiger partial charge in [-0.3, -0.25) is 9.59 Å². The number of benzene rings is 1. The Hall–Kier alpha value is -2.23. The Balaban J connectivity index is 1.53. The van der Waals surface area contributed by atoms with Crippen molar-refractivity contribution in [3.05, 3.63) is 46.8 Å². The molecule has 1 fully saturated rings. The van der Waals surface area contributed by atoms with Crippen molar-refractivity contribution in [3.8, 4) is 0 Å². The number of hydrogen-bond donors (Lipinski definition) is 2. The van der Waals surface area contributed by atoms with Gasteiger partial charge >= 0.3 is 0 Å². The topological polar surface area (TPSA) is 110 Å². The lowest BCUT2D eigenvalue weighted by atomic mass is 10.1. The summed E-state index contributed by atoms with van der Waals surface area (Å²) in [5, 5.41) is 7.83. The van der Waals surface area contributed by atoms with E-state index in [2.05, 4.69) is 5.32 Å². The maximum Gasteiger partial charge on any atom is 0.247 e. The van der Waals surface area contributed by atoms with Crippen LogP contribution in [0, 0.1) is 0 Å². The van der Waals surface area contributed by atoms with E-state index in [0.29, 0.717) is 11.3 Å². The molecule has 0 radical (unpaired) electrons. The summed E-state index contributed by atoms with van der Waals surface area (Å²) in [6.07, 6.45) is 1.67. The molecule has 1 saturated heterocycles. The van der Waals surface area contributed by atoms with Gasteiger partial charge in [0.15, 0.2) is 0 Å². The van der Waals surface area contributed by atoms with Gasteiger partial charge in [0.25, 0.3) is 0 Å². The van der Waals surface area contributed by atoms with E-state index in [1.807, 2.05) is 24.3 Å². The van der Waals surface area contributed by atoms with Crippen LogP contribution in [0.4, 0.5) is 5.69 Å². The van der Waals surface area contributed by atoms with Crippen molar-refractivity contribution >= 4 is 38.9 Å². The third-order valence-corrected chi connectivity index (χ3v) is 6.59. The second-order valence-corrected chi connectivity index (χ2v) is 8.99. The Bertz CT molecular complexity index is 920. The average Bonchev–Trinajstić information content (AvgIpc) is 3.22. The molecule has 0 aliphatic carbocycles. The van der Waals surface area contributed by atoms with Gasteiger partial charge in [0.1, 0.15) is 4.21 Å². The number of hydrogen-bond acceptors (Lipinski definition) is 5. The van der Waals surface area contributed by atoms with Gasteiger partial charge in [-0.2, -0.15) is 0 Å². The first-order valence-electron chi connectivity index (χ1n) is 8.10. The van der Waals surface area contributed by atoms with Crippen LogP contribution in [0.25, 0.3) is 0 Å². The zero-order valence-corrected chi connectivity index (χ0v) is 15.6. The highest BCUT2D eigenvalue weighted by Crippen LogP contribution is 2.22. The molecule has 0 saturated carbocycles. The number of nitrogens with zero attached hydrogens (tertiary/aromatic N) is 1. The number of sulfonamides is 1. The van der Waals surface area contributed by atoms with Crippen LogP contribution in [0.5, 0.6) is 0 Å². The molecule has 2 heterocycles. The molecule has 3 rings (SSSR count). The van der Waals surface area contributed by atoms with Crippen molar-refractivity contribution in [2.75, 3.05) is 11.4 Å². The predicted octanol–water partition coefficient (Wildman–Crippen LogP) is 1.38. The first-order chi connectivity index (χ1) is 12.3. The van der Waals surface area contributed by atoms with Gasteiger partial charge < -0.3 is 10.2 Å². The van der Waals surface area contributed by atoms with Gasteiger partial charge in [0.05, 0.1) is 13.0 Å². The summed E-state index contributed by atoms with van der Waals surface area (Å²) < 4.78 is 22.6. The first kappa shape index (κ1) is 18.6. The smallest absolute Gasteiger partial charge is 0.247 e. The Kier molecular flexibility index (Phi) is 5.40. The van der Waals surface area contributed by atoms with Crippen molar-refractivity contribution in [1.29, 1.82) is 0 Å². The van der Waals surface area contributed by atoms with Crippen LogP contribution in [-0.4, -0.2) is 26.8 Å². The van der Waals surface area contributed by atoms with Gasteiger partial charge in [0, 0.05) is 23.5 Å². The number of carbonyl (C=O) groups excluding carboxylic acids is 2. The van der Waals surface area contributed by atoms with Crippen LogP contribution in [0.15, 0.2) is 40.6 Å². The number of amides is 2. The Morgan fingerprint density at radius 1 is 1.19 bits per heavy atom. The molecule has 7 nitrogen and oxygen atoms in total. The summed E-state index contributed by atoms with van der Waals surface area (Å²) in [6.45, 7) is 0.985. The molecule has 0 atom stereocenters. The van der Waals surface area contributed by atoms with E-state index in [1.165, 1.54) is 6.07 Å². The molecule has 0 bridgehead atoms. The summed E-state index contributed by atoms with van der Waals surface area (Å²) in [4.78, 5) is 26.3. The highest BCUT2D eigenvalue weighted by atomic mass is 32.2. The Labute approximate surface area is 155 Å². The Morgan fingerprint density at radius 3 is 2.50 bits per heavy atom. The minimum Gasteiger partial charge on any atom is -0.351 e. The Morgan fingerprint density at radius 2 is 1.92 bits per heavy atom. The predicted molar refractivity (Wildman–Crippen MR) is 99.3 cm³/mol. The van der Waals surface area contributed by atoms with E-state index in [0.717, 1.165) is 35.6 Å². The molecule has 1 aliphatic heterocycles. The third kappa shape index (κ3) is 4.48. The molecular formula is C17H19N3O4S2. The maximum absolute atomic E-state index is 12.1. The van der Waals surface area contributed by atoms with Gasteiger partial charge in [-0.1, -0.05) is 12.1 Å². The fourth-order valence-electron chi connectivity index (χ4n) is 2.75. The SMILES string of the molecule is NS(=O)(=O)c1ccc(CNC(=O)Cc2ccc(N3CCCC3=O)cc2)s1. The van der Waals surface area contributed by atoms with Crippen molar-refractivity contribution < 1.29 is 18.0 Å². The van der Waals surface area contributed by atoms with E-state index in [9.17, 15) is 18.0 Å². The van der Waals surface area contributed by atoms with Crippen molar-refractivity contribution in [3.63, 3.8) is 0 Å². The van der Waals surface area contributed by atoms with E-state index >= 15 is 0 Å². The maximum atomic E-state index is 12.1. The van der Waals surface area contributed by atoms with Crippen molar-refractivity contribution in [1.82, 2.24) is 5.32 Å². The number of nitrogens with one attached hydrogen (secondary N) is 1. The minimum absolute atomic E-state index is 0.0776. The highest BCUT2D eigenvalue weighted by molar-refractivity contribution is 7.91. The van der Waals surface area contributed by atoms with Crippen LogP contribution in [-0.2, 0) is 32.6 Å². The fourth-order valence-corrected chi connectivity index (χ4v) is 4.47. The number of nitrogens with two attached hydrogens (primary N) is 1. The lowest BCUT2D eigenvalue weighted by Gasteiger charge is -2.15.